The summed E-state index contributed by atoms with van der Waals surface area (Å²) in [7, 11) is 0. The third-order valence-electron chi connectivity index (χ3n) is 4.28. The van der Waals surface area contributed by atoms with Gasteiger partial charge in [0.25, 0.3) is 0 Å². The number of hydrogen-bond donors (Lipinski definition) is 0. The van der Waals surface area contributed by atoms with Crippen molar-refractivity contribution in [3.05, 3.63) is 91.0 Å². The van der Waals surface area contributed by atoms with Crippen LogP contribution in [0.25, 0.3) is 0 Å². The van der Waals surface area contributed by atoms with Crippen LogP contribution in [0.2, 0.25) is 0 Å². The van der Waals surface area contributed by atoms with Gasteiger partial charge in [-0.1, -0.05) is 97.9 Å². The van der Waals surface area contributed by atoms with Crippen molar-refractivity contribution in [3.63, 3.8) is 0 Å². The van der Waals surface area contributed by atoms with Gasteiger partial charge in [0.15, 0.2) is 11.6 Å². The van der Waals surface area contributed by atoms with Gasteiger partial charge in [-0.2, -0.15) is 0 Å². The zero-order chi connectivity index (χ0) is 20.4. The van der Waals surface area contributed by atoms with Crippen LogP contribution in [0, 0.1) is 0 Å². The van der Waals surface area contributed by atoms with Gasteiger partial charge in [-0.05, 0) is 15.9 Å². The maximum absolute atomic E-state index is 12.2. The standard InChI is InChI=1S/C19H15OP.C5H8O2.Rh/c20-16-21(17-10-4-1-5-11-17,18-12-6-2-7-13-18)19-14-8-3-9-15-19;1-3-5(7)4(2)6;/h1-15H;3H2,1-2H3;. The molecule has 3 aromatic rings. The molecule has 151 valence electrons. The molecule has 0 heterocycles. The van der Waals surface area contributed by atoms with Gasteiger partial charge >= 0.3 is 0 Å². The first-order valence-corrected chi connectivity index (χ1v) is 10.8. The number of ketones is 2. The van der Waals surface area contributed by atoms with Crippen LogP contribution in [0.3, 0.4) is 0 Å². The fraction of sp³-hybridized carbons (Fsp3) is 0.125. The smallest absolute Gasteiger partial charge is 0.197 e. The van der Waals surface area contributed by atoms with E-state index in [1.165, 1.54) is 6.92 Å². The largest absolute Gasteiger partial charge is 0.291 e. The van der Waals surface area contributed by atoms with Gasteiger partial charge in [-0.25, -0.2) is 4.79 Å². The minimum absolute atomic E-state index is 0. The van der Waals surface area contributed by atoms with Crippen LogP contribution in [0.15, 0.2) is 91.0 Å². The van der Waals surface area contributed by atoms with Crippen LogP contribution in [-0.2, 0) is 33.9 Å². The van der Waals surface area contributed by atoms with E-state index in [-0.39, 0.29) is 31.0 Å². The number of carbonyl (C=O) groups is 2. The Bertz CT molecular complexity index is 893. The van der Waals surface area contributed by atoms with Crippen LogP contribution in [-0.4, -0.2) is 17.2 Å². The summed E-state index contributed by atoms with van der Waals surface area (Å²) in [5, 5.41) is 3.12. The van der Waals surface area contributed by atoms with Gasteiger partial charge in [-0.15, -0.1) is 0 Å². The molecule has 3 rings (SSSR count). The molecule has 0 atom stereocenters. The van der Waals surface area contributed by atoms with Gasteiger partial charge in [0.05, 0.1) is 6.89 Å². The second kappa shape index (κ2) is 12.3. The Morgan fingerprint density at radius 1 is 0.724 bits per heavy atom. The summed E-state index contributed by atoms with van der Waals surface area (Å²) in [6.07, 6.45) is 0.329. The Hall–Kier alpha value is -2.37. The number of rotatable bonds is 5. The monoisotopic (exact) mass is 493 g/mol. The summed E-state index contributed by atoms with van der Waals surface area (Å²) in [4.78, 5) is 32.3. The van der Waals surface area contributed by atoms with Crippen LogP contribution in [0.5, 0.6) is 0 Å². The first-order chi connectivity index (χ1) is 13.6. The molecule has 0 aliphatic carbocycles. The number of carbonyl (C=O) groups excluding carboxylic acids is 3. The maximum Gasteiger partial charge on any atom is 0.197 e. The van der Waals surface area contributed by atoms with E-state index in [0.29, 0.717) is 6.42 Å². The van der Waals surface area contributed by atoms with Crippen molar-refractivity contribution < 1.29 is 33.9 Å². The molecule has 3 nitrogen and oxygen atoms in total. The fourth-order valence-electron chi connectivity index (χ4n) is 2.81. The summed E-state index contributed by atoms with van der Waals surface area (Å²) in [5.74, 6) is -0.637. The summed E-state index contributed by atoms with van der Waals surface area (Å²) in [6, 6.07) is 29.9. The number of hydrogen-bond acceptors (Lipinski definition) is 3. The van der Waals surface area contributed by atoms with E-state index < -0.39 is 6.89 Å². The topological polar surface area (TPSA) is 51.2 Å². The predicted octanol–water partition coefficient (Wildman–Crippen LogP) is 3.60. The molecule has 0 fully saturated rings. The minimum Gasteiger partial charge on any atom is -0.291 e. The molecule has 0 unspecified atom stereocenters. The van der Waals surface area contributed by atoms with Crippen molar-refractivity contribution in [2.45, 2.75) is 20.3 Å². The minimum atomic E-state index is -2.34. The third-order valence-corrected chi connectivity index (χ3v) is 7.77. The Kier molecular flexibility index (Phi) is 10.4. The Balaban J connectivity index is 0.000000456. The van der Waals surface area contributed by atoms with E-state index in [2.05, 4.69) is 5.66 Å². The van der Waals surface area contributed by atoms with Crippen molar-refractivity contribution in [2.75, 3.05) is 0 Å². The molecule has 3 aromatic carbocycles. The van der Waals surface area contributed by atoms with Crippen LogP contribution >= 0.6 is 6.89 Å². The first kappa shape index (κ1) is 24.7. The first-order valence-electron chi connectivity index (χ1n) is 9.05. The molecule has 0 aliphatic rings. The summed E-state index contributed by atoms with van der Waals surface area (Å²) >= 11 is 0. The van der Waals surface area contributed by atoms with Crippen LogP contribution in [0.1, 0.15) is 20.3 Å². The van der Waals surface area contributed by atoms with Crippen LogP contribution < -0.4 is 15.9 Å². The molecule has 0 aromatic heterocycles. The van der Waals surface area contributed by atoms with E-state index in [4.69, 9.17) is 0 Å². The van der Waals surface area contributed by atoms with Gasteiger partial charge in [0.1, 0.15) is 5.66 Å². The van der Waals surface area contributed by atoms with Gasteiger partial charge in [0.2, 0.25) is 0 Å². The van der Waals surface area contributed by atoms with E-state index >= 15 is 0 Å². The molecule has 5 heteroatoms. The average Bonchev–Trinajstić information content (AvgIpc) is 2.77. The third kappa shape index (κ3) is 6.05. The summed E-state index contributed by atoms with van der Waals surface area (Å²) in [5.41, 5.74) is 2.43. The number of Topliss-reactive ketones (excluding diaryl/α,β-unsaturated/α-hetero) is 2. The quantitative estimate of drug-likeness (QED) is 0.310. The van der Waals surface area contributed by atoms with Crippen molar-refractivity contribution in [1.82, 2.24) is 0 Å². The van der Waals surface area contributed by atoms with E-state index in [9.17, 15) is 14.4 Å². The molecule has 1 radical (unpaired) electrons. The molecule has 0 spiro atoms. The molecule has 0 saturated heterocycles. The zero-order valence-corrected chi connectivity index (χ0v) is 18.9. The normalized spacial score (nSPS) is 9.86. The van der Waals surface area contributed by atoms with Crippen molar-refractivity contribution >= 4 is 40.0 Å². The SMILES string of the molecule is CCC(=O)C(C)=O.O=C=P(c1ccccc1)(c1ccccc1)c1ccccc1.[Rh]. The summed E-state index contributed by atoms with van der Waals surface area (Å²) < 4.78 is 0. The van der Waals surface area contributed by atoms with E-state index in [1.54, 1.807) is 6.92 Å². The predicted molar refractivity (Wildman–Crippen MR) is 117 cm³/mol. The fourth-order valence-corrected chi connectivity index (χ4v) is 5.88. The van der Waals surface area contributed by atoms with Crippen molar-refractivity contribution in [3.8, 4) is 0 Å². The molecular weight excluding hydrogens is 470 g/mol. The van der Waals surface area contributed by atoms with Gasteiger partial charge < -0.3 is 0 Å². The Morgan fingerprint density at radius 3 is 1.21 bits per heavy atom. The van der Waals surface area contributed by atoms with Crippen molar-refractivity contribution in [1.29, 1.82) is 0 Å². The zero-order valence-electron chi connectivity index (χ0n) is 16.4. The summed E-state index contributed by atoms with van der Waals surface area (Å²) in [6.45, 7) is 0.614. The average molecular weight is 493 g/mol. The van der Waals surface area contributed by atoms with Gasteiger partial charge in [0, 0.05) is 32.8 Å². The van der Waals surface area contributed by atoms with Crippen molar-refractivity contribution in [2.24, 2.45) is 0 Å². The Labute approximate surface area is 184 Å². The molecule has 0 N–H and O–H groups in total. The van der Waals surface area contributed by atoms with E-state index in [0.717, 1.165) is 15.9 Å². The van der Waals surface area contributed by atoms with Gasteiger partial charge in [-0.3, -0.25) is 9.59 Å². The van der Waals surface area contributed by atoms with E-state index in [1.807, 2.05) is 91.0 Å². The molecule has 0 aliphatic heterocycles. The number of benzene rings is 3. The molecule has 0 bridgehead atoms. The molecule has 29 heavy (non-hydrogen) atoms. The second-order valence-electron chi connectivity index (χ2n) is 6.10. The van der Waals surface area contributed by atoms with Crippen LogP contribution in [0.4, 0.5) is 0 Å². The molecule has 0 saturated carbocycles. The second-order valence-corrected chi connectivity index (χ2v) is 9.18. The molecular formula is C24H23O3PRh. The molecule has 0 amide bonds. The Morgan fingerprint density at radius 2 is 1.03 bits per heavy atom. The maximum atomic E-state index is 12.2.